The highest BCUT2D eigenvalue weighted by Gasteiger charge is 2.04. The van der Waals surface area contributed by atoms with Gasteiger partial charge in [0, 0.05) is 25.2 Å². The molecular weight excluding hydrogens is 431 g/mol. The number of hydrogen-bond acceptors (Lipinski definition) is 3. The predicted octanol–water partition coefficient (Wildman–Crippen LogP) is 3.51. The van der Waals surface area contributed by atoms with Crippen molar-refractivity contribution in [2.45, 2.75) is 19.9 Å². The molecule has 2 aromatic rings. The van der Waals surface area contributed by atoms with Crippen LogP contribution in [0, 0.1) is 10.1 Å². The maximum Gasteiger partial charge on any atom is 0.269 e. The van der Waals surface area contributed by atoms with Crippen LogP contribution in [0.25, 0.3) is 0 Å². The summed E-state index contributed by atoms with van der Waals surface area (Å²) in [6.07, 6.45) is 0.919. The number of benzene rings is 2. The predicted molar refractivity (Wildman–Crippen MR) is 111 cm³/mol. The average molecular weight is 454 g/mol. The zero-order valence-corrected chi connectivity index (χ0v) is 16.5. The molecule has 0 aliphatic carbocycles. The summed E-state index contributed by atoms with van der Waals surface area (Å²) in [5, 5.41) is 17.2. The van der Waals surface area contributed by atoms with Gasteiger partial charge in [-0.25, -0.2) is 4.99 Å². The quantitative estimate of drug-likeness (QED) is 0.221. The second kappa shape index (κ2) is 11.4. The Balaban J connectivity index is 0.00000312. The normalized spacial score (nSPS) is 10.7. The molecule has 0 bridgehead atoms. The van der Waals surface area contributed by atoms with Crippen LogP contribution in [0.1, 0.15) is 18.1 Å². The SMILES string of the molecule is CCNC(=NCc1ccc([N+](=O)[O-])cc1)NCCc1ccccc1.I. The molecule has 2 aromatic carbocycles. The van der Waals surface area contributed by atoms with Crippen molar-refractivity contribution in [3.8, 4) is 0 Å². The second-order valence-corrected chi connectivity index (χ2v) is 5.28. The monoisotopic (exact) mass is 454 g/mol. The number of hydrogen-bond donors (Lipinski definition) is 2. The number of non-ortho nitro benzene ring substituents is 1. The first kappa shape index (κ1) is 20.9. The number of nitro groups is 1. The molecule has 0 aromatic heterocycles. The standard InChI is InChI=1S/C18H22N4O2.HI/c1-2-19-18(20-13-12-15-6-4-3-5-7-15)21-14-16-8-10-17(11-9-16)22(23)24;/h3-11H,2,12-14H2,1H3,(H2,19,20,21);1H. The topological polar surface area (TPSA) is 79.6 Å². The molecule has 2 N–H and O–H groups in total. The van der Waals surface area contributed by atoms with Crippen molar-refractivity contribution in [1.29, 1.82) is 0 Å². The molecule has 0 fully saturated rings. The Hall–Kier alpha value is -2.16. The molecule has 0 amide bonds. The number of halogens is 1. The van der Waals surface area contributed by atoms with E-state index in [1.54, 1.807) is 12.1 Å². The minimum absolute atomic E-state index is 0. The highest BCUT2D eigenvalue weighted by molar-refractivity contribution is 14.0. The molecule has 0 atom stereocenters. The van der Waals surface area contributed by atoms with Gasteiger partial charge >= 0.3 is 0 Å². The van der Waals surface area contributed by atoms with Crippen molar-refractivity contribution in [3.63, 3.8) is 0 Å². The zero-order chi connectivity index (χ0) is 17.2. The lowest BCUT2D eigenvalue weighted by molar-refractivity contribution is -0.384. The van der Waals surface area contributed by atoms with Gasteiger partial charge in [0.2, 0.25) is 0 Å². The Kier molecular flexibility index (Phi) is 9.53. The van der Waals surface area contributed by atoms with Gasteiger partial charge in [-0.3, -0.25) is 10.1 Å². The van der Waals surface area contributed by atoms with Gasteiger partial charge in [0.05, 0.1) is 11.5 Å². The van der Waals surface area contributed by atoms with E-state index in [1.165, 1.54) is 17.7 Å². The Morgan fingerprint density at radius 2 is 1.72 bits per heavy atom. The van der Waals surface area contributed by atoms with Gasteiger partial charge in [0.25, 0.3) is 5.69 Å². The second-order valence-electron chi connectivity index (χ2n) is 5.28. The molecule has 0 aliphatic heterocycles. The maximum absolute atomic E-state index is 10.7. The fourth-order valence-corrected chi connectivity index (χ4v) is 2.21. The molecule has 0 spiro atoms. The van der Waals surface area contributed by atoms with E-state index in [-0.39, 0.29) is 29.7 Å². The summed E-state index contributed by atoms with van der Waals surface area (Å²) < 4.78 is 0. The van der Waals surface area contributed by atoms with E-state index in [0.29, 0.717) is 6.54 Å². The Bertz CT molecular complexity index is 675. The third-order valence-corrected chi connectivity index (χ3v) is 3.46. The van der Waals surface area contributed by atoms with Crippen molar-refractivity contribution in [2.75, 3.05) is 13.1 Å². The first-order valence-electron chi connectivity index (χ1n) is 7.98. The lowest BCUT2D eigenvalue weighted by atomic mass is 10.1. The van der Waals surface area contributed by atoms with E-state index in [0.717, 1.165) is 31.0 Å². The number of nitrogens with one attached hydrogen (secondary N) is 2. The number of rotatable bonds is 7. The summed E-state index contributed by atoms with van der Waals surface area (Å²) in [6, 6.07) is 16.7. The van der Waals surface area contributed by atoms with Crippen LogP contribution in [0.2, 0.25) is 0 Å². The van der Waals surface area contributed by atoms with E-state index >= 15 is 0 Å². The molecule has 0 radical (unpaired) electrons. The van der Waals surface area contributed by atoms with E-state index < -0.39 is 4.92 Å². The lowest BCUT2D eigenvalue weighted by Crippen LogP contribution is -2.38. The number of guanidine groups is 1. The van der Waals surface area contributed by atoms with Gasteiger partial charge in [-0.1, -0.05) is 42.5 Å². The molecule has 2 rings (SSSR count). The van der Waals surface area contributed by atoms with Gasteiger partial charge in [0.1, 0.15) is 0 Å². The van der Waals surface area contributed by atoms with Gasteiger partial charge in [-0.05, 0) is 24.5 Å². The van der Waals surface area contributed by atoms with Crippen molar-refractivity contribution >= 4 is 35.6 Å². The third-order valence-electron chi connectivity index (χ3n) is 3.46. The number of aliphatic imine (C=N–C) groups is 1. The Morgan fingerprint density at radius 1 is 1.04 bits per heavy atom. The van der Waals surface area contributed by atoms with E-state index in [4.69, 9.17) is 0 Å². The zero-order valence-electron chi connectivity index (χ0n) is 14.1. The van der Waals surface area contributed by atoms with Crippen molar-refractivity contribution in [1.82, 2.24) is 10.6 Å². The van der Waals surface area contributed by atoms with E-state index in [1.807, 2.05) is 25.1 Å². The first-order valence-corrected chi connectivity index (χ1v) is 7.98. The van der Waals surface area contributed by atoms with Crippen LogP contribution in [0.4, 0.5) is 5.69 Å². The maximum atomic E-state index is 10.7. The molecular formula is C18H23IN4O2. The number of nitro benzene ring substituents is 1. The molecule has 0 unspecified atom stereocenters. The van der Waals surface area contributed by atoms with Gasteiger partial charge in [-0.15, -0.1) is 24.0 Å². The molecule has 0 saturated carbocycles. The molecule has 7 heteroatoms. The summed E-state index contributed by atoms with van der Waals surface area (Å²) in [6.45, 7) is 4.05. The van der Waals surface area contributed by atoms with Crippen LogP contribution in [-0.4, -0.2) is 24.0 Å². The molecule has 0 saturated heterocycles. The van der Waals surface area contributed by atoms with Crippen LogP contribution >= 0.6 is 24.0 Å². The lowest BCUT2D eigenvalue weighted by Gasteiger charge is -2.11. The summed E-state index contributed by atoms with van der Waals surface area (Å²) in [7, 11) is 0. The highest BCUT2D eigenvalue weighted by Crippen LogP contribution is 2.12. The van der Waals surface area contributed by atoms with Crippen molar-refractivity contribution in [3.05, 3.63) is 75.8 Å². The Morgan fingerprint density at radius 3 is 2.32 bits per heavy atom. The van der Waals surface area contributed by atoms with Gasteiger partial charge in [0.15, 0.2) is 5.96 Å². The van der Waals surface area contributed by atoms with Crippen LogP contribution < -0.4 is 10.6 Å². The van der Waals surface area contributed by atoms with Crippen LogP contribution in [0.15, 0.2) is 59.6 Å². The fraction of sp³-hybridized carbons (Fsp3) is 0.278. The largest absolute Gasteiger partial charge is 0.357 e. The fourth-order valence-electron chi connectivity index (χ4n) is 2.21. The highest BCUT2D eigenvalue weighted by atomic mass is 127. The molecule has 134 valence electrons. The van der Waals surface area contributed by atoms with Gasteiger partial charge < -0.3 is 10.6 Å². The van der Waals surface area contributed by atoms with Crippen LogP contribution in [0.5, 0.6) is 0 Å². The summed E-state index contributed by atoms with van der Waals surface area (Å²) >= 11 is 0. The van der Waals surface area contributed by atoms with Crippen molar-refractivity contribution < 1.29 is 4.92 Å². The minimum Gasteiger partial charge on any atom is -0.357 e. The molecule has 25 heavy (non-hydrogen) atoms. The van der Waals surface area contributed by atoms with Gasteiger partial charge in [-0.2, -0.15) is 0 Å². The van der Waals surface area contributed by atoms with Crippen LogP contribution in [-0.2, 0) is 13.0 Å². The summed E-state index contributed by atoms with van der Waals surface area (Å²) in [4.78, 5) is 14.8. The summed E-state index contributed by atoms with van der Waals surface area (Å²) in [5.41, 5.74) is 2.30. The molecule has 6 nitrogen and oxygen atoms in total. The van der Waals surface area contributed by atoms with Crippen LogP contribution in [0.3, 0.4) is 0 Å². The van der Waals surface area contributed by atoms with E-state index in [9.17, 15) is 10.1 Å². The first-order chi connectivity index (χ1) is 11.7. The van der Waals surface area contributed by atoms with Crippen molar-refractivity contribution in [2.24, 2.45) is 4.99 Å². The third kappa shape index (κ3) is 7.51. The van der Waals surface area contributed by atoms with E-state index in [2.05, 4.69) is 27.8 Å². The molecule has 0 heterocycles. The molecule has 0 aliphatic rings. The Labute approximate surface area is 164 Å². The average Bonchev–Trinajstić information content (AvgIpc) is 2.61. The smallest absolute Gasteiger partial charge is 0.269 e. The minimum atomic E-state index is -0.401. The number of nitrogens with zero attached hydrogens (tertiary/aromatic N) is 2. The summed E-state index contributed by atoms with van der Waals surface area (Å²) in [5.74, 6) is 0.742.